The maximum Gasteiger partial charge on any atom is 0.159 e. The number of benzene rings is 1. The predicted octanol–water partition coefficient (Wildman–Crippen LogP) is 2.54. The molecule has 21 heavy (non-hydrogen) atoms. The predicted molar refractivity (Wildman–Crippen MR) is 82.8 cm³/mol. The molecule has 5 nitrogen and oxygen atoms in total. The molecule has 2 N–H and O–H groups in total. The number of nitrogens with two attached hydrogens (primary N) is 1. The molecule has 0 bridgehead atoms. The summed E-state index contributed by atoms with van der Waals surface area (Å²) in [6.45, 7) is 2.56. The van der Waals surface area contributed by atoms with Crippen LogP contribution in [-0.2, 0) is 13.6 Å². The Morgan fingerprint density at radius 1 is 1.29 bits per heavy atom. The molecule has 4 rings (SSSR count). The van der Waals surface area contributed by atoms with Crippen molar-refractivity contribution in [2.75, 3.05) is 0 Å². The quantitative estimate of drug-likeness (QED) is 0.802. The van der Waals surface area contributed by atoms with Gasteiger partial charge < -0.3 is 10.3 Å². The zero-order valence-electron chi connectivity index (χ0n) is 12.4. The third kappa shape index (κ3) is 1.96. The van der Waals surface area contributed by atoms with E-state index in [1.54, 1.807) is 0 Å². The molecule has 1 saturated carbocycles. The topological polar surface area (TPSA) is 61.7 Å². The van der Waals surface area contributed by atoms with Crippen molar-refractivity contribution in [1.29, 1.82) is 0 Å². The Labute approximate surface area is 123 Å². The van der Waals surface area contributed by atoms with E-state index in [1.165, 1.54) is 18.4 Å². The summed E-state index contributed by atoms with van der Waals surface area (Å²) < 4.78 is 4.28. The second-order valence-electron chi connectivity index (χ2n) is 5.86. The zero-order valence-corrected chi connectivity index (χ0v) is 12.4. The number of imidazole rings is 1. The molecule has 1 aromatic carbocycles. The summed E-state index contributed by atoms with van der Waals surface area (Å²) in [7, 11) is 1.98. The van der Waals surface area contributed by atoms with Crippen molar-refractivity contribution >= 4 is 11.0 Å². The van der Waals surface area contributed by atoms with Gasteiger partial charge in [-0.3, -0.25) is 4.68 Å². The second kappa shape index (κ2) is 4.43. The highest BCUT2D eigenvalue weighted by atomic mass is 15.3. The molecule has 0 aliphatic heterocycles. The lowest BCUT2D eigenvalue weighted by Gasteiger charge is -2.07. The third-order valence-electron chi connectivity index (χ3n) is 4.13. The van der Waals surface area contributed by atoms with Gasteiger partial charge in [0.15, 0.2) is 5.82 Å². The highest BCUT2D eigenvalue weighted by Gasteiger charge is 2.29. The third-order valence-corrected chi connectivity index (χ3v) is 4.13. The Kier molecular flexibility index (Phi) is 2.65. The number of rotatable bonds is 3. The van der Waals surface area contributed by atoms with E-state index in [-0.39, 0.29) is 0 Å². The van der Waals surface area contributed by atoms with Crippen molar-refractivity contribution in [3.8, 4) is 11.5 Å². The van der Waals surface area contributed by atoms with Crippen molar-refractivity contribution in [2.24, 2.45) is 12.8 Å². The summed E-state index contributed by atoms with van der Waals surface area (Å²) in [6, 6.07) is 9.02. The van der Waals surface area contributed by atoms with Gasteiger partial charge in [-0.25, -0.2) is 4.98 Å². The molecule has 2 aromatic heterocycles. The van der Waals surface area contributed by atoms with E-state index in [1.807, 2.05) is 18.7 Å². The molecule has 0 saturated heterocycles. The standard InChI is InChI=1S/C16H19N5/c1-10-7-15(20(2)19-10)16-18-13-8-11(9-17)3-6-14(13)21(16)12-4-5-12/h3,6-8,12H,4-5,9,17H2,1-2H3. The van der Waals surface area contributed by atoms with Crippen LogP contribution in [0.4, 0.5) is 0 Å². The molecule has 108 valence electrons. The van der Waals surface area contributed by atoms with E-state index in [2.05, 4.69) is 33.9 Å². The van der Waals surface area contributed by atoms with Crippen molar-refractivity contribution in [2.45, 2.75) is 32.4 Å². The smallest absolute Gasteiger partial charge is 0.159 e. The van der Waals surface area contributed by atoms with Crippen molar-refractivity contribution < 1.29 is 0 Å². The normalized spacial score (nSPS) is 15.0. The minimum Gasteiger partial charge on any atom is -0.326 e. The van der Waals surface area contributed by atoms with Crippen LogP contribution >= 0.6 is 0 Å². The monoisotopic (exact) mass is 281 g/mol. The van der Waals surface area contributed by atoms with E-state index < -0.39 is 0 Å². The average Bonchev–Trinajstić information content (AvgIpc) is 3.15. The number of fused-ring (bicyclic) bond motifs is 1. The summed E-state index contributed by atoms with van der Waals surface area (Å²) in [5.74, 6) is 1.02. The van der Waals surface area contributed by atoms with Crippen LogP contribution in [0.25, 0.3) is 22.6 Å². The fourth-order valence-corrected chi connectivity index (χ4v) is 2.97. The van der Waals surface area contributed by atoms with Gasteiger partial charge in [0.2, 0.25) is 0 Å². The van der Waals surface area contributed by atoms with Gasteiger partial charge in [-0.2, -0.15) is 5.10 Å². The number of nitrogens with zero attached hydrogens (tertiary/aromatic N) is 4. The van der Waals surface area contributed by atoms with Crippen molar-refractivity contribution in [3.05, 3.63) is 35.5 Å². The maximum absolute atomic E-state index is 5.75. The van der Waals surface area contributed by atoms with Crippen LogP contribution in [0.15, 0.2) is 24.3 Å². The molecule has 0 radical (unpaired) electrons. The first-order chi connectivity index (χ1) is 10.2. The van der Waals surface area contributed by atoms with Gasteiger partial charge >= 0.3 is 0 Å². The lowest BCUT2D eigenvalue weighted by molar-refractivity contribution is 0.730. The van der Waals surface area contributed by atoms with Crippen LogP contribution in [0.5, 0.6) is 0 Å². The van der Waals surface area contributed by atoms with E-state index in [0.717, 1.165) is 28.3 Å². The SMILES string of the molecule is Cc1cc(-c2nc3cc(CN)ccc3n2C2CC2)n(C)n1. The van der Waals surface area contributed by atoms with Crippen LogP contribution in [-0.4, -0.2) is 19.3 Å². The van der Waals surface area contributed by atoms with Crippen LogP contribution < -0.4 is 5.73 Å². The summed E-state index contributed by atoms with van der Waals surface area (Å²) in [6.07, 6.45) is 2.46. The Morgan fingerprint density at radius 2 is 2.10 bits per heavy atom. The Bertz CT molecular complexity index is 823. The minimum atomic E-state index is 0.548. The maximum atomic E-state index is 5.75. The van der Waals surface area contributed by atoms with Gasteiger partial charge in [0.05, 0.1) is 16.7 Å². The van der Waals surface area contributed by atoms with Gasteiger partial charge in [-0.15, -0.1) is 0 Å². The average molecular weight is 281 g/mol. The van der Waals surface area contributed by atoms with Gasteiger partial charge in [-0.1, -0.05) is 6.07 Å². The summed E-state index contributed by atoms with van der Waals surface area (Å²) in [5.41, 5.74) is 11.2. The lowest BCUT2D eigenvalue weighted by atomic mass is 10.2. The minimum absolute atomic E-state index is 0.548. The lowest BCUT2D eigenvalue weighted by Crippen LogP contribution is -2.02. The van der Waals surface area contributed by atoms with Crippen LogP contribution in [0, 0.1) is 6.92 Å². The molecule has 0 amide bonds. The molecule has 1 aliphatic carbocycles. The van der Waals surface area contributed by atoms with Gasteiger partial charge in [0.1, 0.15) is 5.69 Å². The largest absolute Gasteiger partial charge is 0.326 e. The molecule has 0 spiro atoms. The van der Waals surface area contributed by atoms with Gasteiger partial charge in [-0.05, 0) is 43.5 Å². The first-order valence-electron chi connectivity index (χ1n) is 7.39. The van der Waals surface area contributed by atoms with Gasteiger partial charge in [0.25, 0.3) is 0 Å². The first kappa shape index (κ1) is 12.6. The Hall–Kier alpha value is -2.14. The van der Waals surface area contributed by atoms with Crippen molar-refractivity contribution in [1.82, 2.24) is 19.3 Å². The summed E-state index contributed by atoms with van der Waals surface area (Å²) in [4.78, 5) is 4.87. The summed E-state index contributed by atoms with van der Waals surface area (Å²) >= 11 is 0. The molecule has 0 unspecified atom stereocenters. The number of aryl methyl sites for hydroxylation is 2. The van der Waals surface area contributed by atoms with Crippen molar-refractivity contribution in [3.63, 3.8) is 0 Å². The number of aromatic nitrogens is 4. The molecule has 5 heteroatoms. The van der Waals surface area contributed by atoms with Crippen LogP contribution in [0.3, 0.4) is 0 Å². The molecular formula is C16H19N5. The molecule has 3 aromatic rings. The molecular weight excluding hydrogens is 262 g/mol. The van der Waals surface area contributed by atoms with E-state index >= 15 is 0 Å². The molecule has 1 fully saturated rings. The fraction of sp³-hybridized carbons (Fsp3) is 0.375. The summed E-state index contributed by atoms with van der Waals surface area (Å²) in [5, 5.41) is 4.46. The van der Waals surface area contributed by atoms with E-state index in [0.29, 0.717) is 12.6 Å². The molecule has 1 aliphatic rings. The van der Waals surface area contributed by atoms with E-state index in [4.69, 9.17) is 10.7 Å². The zero-order chi connectivity index (χ0) is 14.6. The van der Waals surface area contributed by atoms with Gasteiger partial charge in [0, 0.05) is 19.6 Å². The second-order valence-corrected chi connectivity index (χ2v) is 5.86. The highest BCUT2D eigenvalue weighted by molar-refractivity contribution is 5.81. The van der Waals surface area contributed by atoms with Crippen LogP contribution in [0.1, 0.15) is 30.1 Å². The van der Waals surface area contributed by atoms with Crippen LogP contribution in [0.2, 0.25) is 0 Å². The number of hydrogen-bond acceptors (Lipinski definition) is 3. The Morgan fingerprint density at radius 3 is 2.71 bits per heavy atom. The molecule has 2 heterocycles. The van der Waals surface area contributed by atoms with E-state index in [9.17, 15) is 0 Å². The number of hydrogen-bond donors (Lipinski definition) is 1. The first-order valence-corrected chi connectivity index (χ1v) is 7.39. The molecule has 0 atom stereocenters. The highest BCUT2D eigenvalue weighted by Crippen LogP contribution is 2.41. The fourth-order valence-electron chi connectivity index (χ4n) is 2.97. The Balaban J connectivity index is 1.99.